The molecular formula is C26H32N8O5. The Kier molecular flexibility index (Phi) is 8.27. The molecular weight excluding hydrogens is 504 g/mol. The summed E-state index contributed by atoms with van der Waals surface area (Å²) in [5, 5.41) is 27.8. The van der Waals surface area contributed by atoms with Crippen LogP contribution in [0.1, 0.15) is 44.1 Å². The Bertz CT molecular complexity index is 1390. The Labute approximate surface area is 224 Å². The van der Waals surface area contributed by atoms with Gasteiger partial charge in [0, 0.05) is 50.2 Å². The number of rotatable bonds is 8. The number of carbonyl (C=O) groups is 3. The van der Waals surface area contributed by atoms with Crippen molar-refractivity contribution in [3.63, 3.8) is 0 Å². The quantitative estimate of drug-likeness (QED) is 0.269. The maximum absolute atomic E-state index is 12.3. The first-order valence-corrected chi connectivity index (χ1v) is 12.6. The van der Waals surface area contributed by atoms with Crippen LogP contribution in [0.25, 0.3) is 11.0 Å². The number of nitrogens with zero attached hydrogens (tertiary/aromatic N) is 5. The van der Waals surface area contributed by atoms with E-state index in [9.17, 15) is 14.4 Å². The molecule has 4 heterocycles. The van der Waals surface area contributed by atoms with Crippen molar-refractivity contribution < 1.29 is 24.6 Å². The molecule has 1 saturated carbocycles. The number of carboxylic acids is 2. The average Bonchev–Trinajstić information content (AvgIpc) is 3.52. The van der Waals surface area contributed by atoms with Gasteiger partial charge in [0.1, 0.15) is 11.5 Å². The van der Waals surface area contributed by atoms with Crippen LogP contribution in [-0.2, 0) is 21.4 Å². The molecule has 3 aromatic rings. The lowest BCUT2D eigenvalue weighted by atomic mass is 9.99. The second-order valence-electron chi connectivity index (χ2n) is 9.64. The van der Waals surface area contributed by atoms with Crippen LogP contribution in [0.2, 0.25) is 0 Å². The molecule has 0 aromatic carbocycles. The number of amides is 1. The molecule has 1 amide bonds. The molecule has 0 unspecified atom stereocenters. The van der Waals surface area contributed by atoms with E-state index in [1.165, 1.54) is 24.5 Å². The van der Waals surface area contributed by atoms with Crippen molar-refractivity contribution in [2.45, 2.75) is 50.6 Å². The van der Waals surface area contributed by atoms with Crippen molar-refractivity contribution in [3.05, 3.63) is 49.0 Å². The monoisotopic (exact) mass is 536 g/mol. The highest BCUT2D eigenvalue weighted by Gasteiger charge is 2.31. The first kappa shape index (κ1) is 27.4. The van der Waals surface area contributed by atoms with E-state index < -0.39 is 11.9 Å². The Morgan fingerprint density at radius 2 is 1.85 bits per heavy atom. The molecule has 2 fully saturated rings. The number of fused-ring (bicyclic) bond motifs is 1. The number of anilines is 3. The van der Waals surface area contributed by atoms with Crippen molar-refractivity contribution in [3.8, 4) is 0 Å². The van der Waals surface area contributed by atoms with Crippen molar-refractivity contribution in [1.29, 1.82) is 0 Å². The molecule has 1 aliphatic heterocycles. The Morgan fingerprint density at radius 1 is 1.13 bits per heavy atom. The van der Waals surface area contributed by atoms with Gasteiger partial charge >= 0.3 is 11.9 Å². The van der Waals surface area contributed by atoms with E-state index in [2.05, 4.69) is 40.4 Å². The summed E-state index contributed by atoms with van der Waals surface area (Å²) in [6, 6.07) is 0.331. The summed E-state index contributed by atoms with van der Waals surface area (Å²) in [6.07, 6.45) is 12.5. The van der Waals surface area contributed by atoms with Crippen molar-refractivity contribution in [2.24, 2.45) is 7.05 Å². The number of aryl methyl sites for hydroxylation is 1. The number of carbonyl (C=O) groups excluding carboxylic acids is 1. The average molecular weight is 537 g/mol. The lowest BCUT2D eigenvalue weighted by Crippen LogP contribution is -2.49. The van der Waals surface area contributed by atoms with Crippen molar-refractivity contribution in [2.75, 3.05) is 17.2 Å². The predicted molar refractivity (Wildman–Crippen MR) is 145 cm³/mol. The number of hydrogen-bond acceptors (Lipinski definition) is 8. The SMILES string of the molecule is C=CC(=O)N1C[C@H](Nc2nc(Nc3cnn(C)c3)nc3[nH]cc(C4CC4)c23)CC[C@@H]1C.O=C(O)/C=C/C(=O)O. The highest BCUT2D eigenvalue weighted by Crippen LogP contribution is 2.44. The second-order valence-corrected chi connectivity index (χ2v) is 9.64. The zero-order chi connectivity index (χ0) is 28.1. The molecule has 206 valence electrons. The number of piperidine rings is 1. The molecule has 13 heteroatoms. The Morgan fingerprint density at radius 3 is 2.44 bits per heavy atom. The van der Waals surface area contributed by atoms with Crippen LogP contribution in [0.5, 0.6) is 0 Å². The number of nitrogens with one attached hydrogen (secondary N) is 3. The molecule has 0 radical (unpaired) electrons. The van der Waals surface area contributed by atoms with Crippen LogP contribution in [0.4, 0.5) is 17.5 Å². The van der Waals surface area contributed by atoms with Crippen LogP contribution < -0.4 is 10.6 Å². The third-order valence-electron chi connectivity index (χ3n) is 6.59. The summed E-state index contributed by atoms with van der Waals surface area (Å²) in [5.41, 5.74) is 2.92. The van der Waals surface area contributed by atoms with E-state index in [4.69, 9.17) is 20.2 Å². The van der Waals surface area contributed by atoms with Crippen LogP contribution in [0.3, 0.4) is 0 Å². The molecule has 1 saturated heterocycles. The summed E-state index contributed by atoms with van der Waals surface area (Å²) < 4.78 is 1.73. The third-order valence-corrected chi connectivity index (χ3v) is 6.59. The third kappa shape index (κ3) is 7.00. The van der Waals surface area contributed by atoms with E-state index in [0.29, 0.717) is 30.6 Å². The van der Waals surface area contributed by atoms with Crippen LogP contribution in [0, 0.1) is 0 Å². The van der Waals surface area contributed by atoms with Crippen molar-refractivity contribution >= 4 is 46.3 Å². The van der Waals surface area contributed by atoms with E-state index in [1.807, 2.05) is 18.1 Å². The van der Waals surface area contributed by atoms with Gasteiger partial charge < -0.3 is 30.7 Å². The molecule has 39 heavy (non-hydrogen) atoms. The highest BCUT2D eigenvalue weighted by atomic mass is 16.4. The van der Waals surface area contributed by atoms with E-state index in [1.54, 1.807) is 10.9 Å². The number of aromatic amines is 1. The molecule has 2 atom stereocenters. The van der Waals surface area contributed by atoms with Gasteiger partial charge in [0.2, 0.25) is 11.9 Å². The summed E-state index contributed by atoms with van der Waals surface area (Å²) in [6.45, 7) is 6.38. The second kappa shape index (κ2) is 11.8. The topological polar surface area (TPSA) is 178 Å². The highest BCUT2D eigenvalue weighted by molar-refractivity contribution is 5.93. The van der Waals surface area contributed by atoms with Gasteiger partial charge in [-0.25, -0.2) is 9.59 Å². The maximum Gasteiger partial charge on any atom is 0.328 e. The van der Waals surface area contributed by atoms with Crippen LogP contribution in [-0.4, -0.2) is 76.3 Å². The number of aromatic nitrogens is 5. The number of likely N-dealkylation sites (tertiary alicyclic amines) is 1. The molecule has 5 rings (SSSR count). The maximum atomic E-state index is 12.3. The van der Waals surface area contributed by atoms with Gasteiger partial charge in [-0.2, -0.15) is 15.1 Å². The lowest BCUT2D eigenvalue weighted by molar-refractivity contribution is -0.134. The van der Waals surface area contributed by atoms with Gasteiger partial charge in [-0.3, -0.25) is 9.48 Å². The summed E-state index contributed by atoms with van der Waals surface area (Å²) >= 11 is 0. The zero-order valence-electron chi connectivity index (χ0n) is 21.8. The molecule has 5 N–H and O–H groups in total. The van der Waals surface area contributed by atoms with Gasteiger partial charge in [-0.15, -0.1) is 0 Å². The molecule has 3 aromatic heterocycles. The normalized spacial score (nSPS) is 18.9. The minimum Gasteiger partial charge on any atom is -0.478 e. The summed E-state index contributed by atoms with van der Waals surface area (Å²) in [5.74, 6) is -0.647. The minimum atomic E-state index is -1.26. The first-order chi connectivity index (χ1) is 18.6. The molecule has 13 nitrogen and oxygen atoms in total. The van der Waals surface area contributed by atoms with E-state index in [-0.39, 0.29) is 18.0 Å². The number of hydrogen-bond donors (Lipinski definition) is 5. The standard InChI is InChI=1S/C22H28N8O.C4H4O4/c1-4-18(31)30-12-15(8-5-13(30)2)25-21-19-17(14-6-7-14)10-23-20(19)27-22(28-21)26-16-9-24-29(3)11-16;5-3(6)1-2-4(7)8/h4,9-11,13-15H,1,5-8,12H2,2-3H3,(H3,23,25,26,27,28);1-2H,(H,5,6)(H,7,8)/b;2-1+/t13-,15+;/m0./s1. The number of aliphatic carboxylic acids is 2. The number of H-pyrrole nitrogens is 1. The summed E-state index contributed by atoms with van der Waals surface area (Å²) in [4.78, 5) is 46.2. The Balaban J connectivity index is 0.000000386. The number of carboxylic acid groups (broad SMARTS) is 2. The molecule has 0 bridgehead atoms. The first-order valence-electron chi connectivity index (χ1n) is 12.6. The van der Waals surface area contributed by atoms with Crippen LogP contribution >= 0.6 is 0 Å². The van der Waals surface area contributed by atoms with Gasteiger partial charge in [-0.1, -0.05) is 6.58 Å². The molecule has 0 spiro atoms. The smallest absolute Gasteiger partial charge is 0.328 e. The fourth-order valence-corrected chi connectivity index (χ4v) is 4.53. The Hall–Kier alpha value is -4.68. The largest absolute Gasteiger partial charge is 0.478 e. The van der Waals surface area contributed by atoms with Gasteiger partial charge in [-0.05, 0) is 50.2 Å². The minimum absolute atomic E-state index is 0.0221. The van der Waals surface area contributed by atoms with E-state index >= 15 is 0 Å². The van der Waals surface area contributed by atoms with Gasteiger partial charge in [0.15, 0.2) is 0 Å². The summed E-state index contributed by atoms with van der Waals surface area (Å²) in [7, 11) is 1.87. The lowest BCUT2D eigenvalue weighted by Gasteiger charge is -2.38. The fourth-order valence-electron chi connectivity index (χ4n) is 4.53. The van der Waals surface area contributed by atoms with Gasteiger partial charge in [0.25, 0.3) is 0 Å². The molecule has 1 aliphatic carbocycles. The predicted octanol–water partition coefficient (Wildman–Crippen LogP) is 3.00. The van der Waals surface area contributed by atoms with Crippen molar-refractivity contribution in [1.82, 2.24) is 29.6 Å². The zero-order valence-corrected chi connectivity index (χ0v) is 21.8. The van der Waals surface area contributed by atoms with Crippen LogP contribution in [0.15, 0.2) is 43.4 Å². The van der Waals surface area contributed by atoms with E-state index in [0.717, 1.165) is 35.4 Å². The fraction of sp³-hybridized carbons (Fsp3) is 0.385. The molecule has 2 aliphatic rings. The van der Waals surface area contributed by atoms with Gasteiger partial charge in [0.05, 0.1) is 17.3 Å².